The zero-order chi connectivity index (χ0) is 13.5. The minimum Gasteiger partial charge on any atom is -0.336 e. The first-order valence-electron chi connectivity index (χ1n) is 6.37. The van der Waals surface area contributed by atoms with Gasteiger partial charge in [-0.1, -0.05) is 27.7 Å². The van der Waals surface area contributed by atoms with Gasteiger partial charge in [0.2, 0.25) is 5.95 Å². The van der Waals surface area contributed by atoms with Crippen molar-refractivity contribution in [2.45, 2.75) is 40.7 Å². The van der Waals surface area contributed by atoms with Crippen molar-refractivity contribution in [3.05, 3.63) is 17.5 Å². The van der Waals surface area contributed by atoms with Crippen molar-refractivity contribution in [1.29, 1.82) is 5.26 Å². The van der Waals surface area contributed by atoms with E-state index in [0.717, 1.165) is 12.2 Å². The van der Waals surface area contributed by atoms with Gasteiger partial charge in [0.25, 0.3) is 0 Å². The zero-order valence-corrected chi connectivity index (χ0v) is 11.7. The van der Waals surface area contributed by atoms with Gasteiger partial charge < -0.3 is 4.90 Å². The standard InChI is InChI=1S/C14H20N4/c1-9(2)12-14(4,5)8-18(12)13-16-10(3)6-11(7-15)17-13/h6,9,12H,8H2,1-5H3. The van der Waals surface area contributed by atoms with Crippen molar-refractivity contribution >= 4 is 5.95 Å². The molecule has 1 atom stereocenters. The van der Waals surface area contributed by atoms with Crippen molar-refractivity contribution in [2.75, 3.05) is 11.4 Å². The Morgan fingerprint density at radius 3 is 2.61 bits per heavy atom. The Hall–Kier alpha value is -1.63. The van der Waals surface area contributed by atoms with Gasteiger partial charge in [0.1, 0.15) is 11.8 Å². The minimum atomic E-state index is 0.286. The number of nitriles is 1. The molecule has 0 aliphatic carbocycles. The lowest BCUT2D eigenvalue weighted by Gasteiger charge is -2.56. The molecule has 0 radical (unpaired) electrons. The lowest BCUT2D eigenvalue weighted by molar-refractivity contribution is 0.133. The van der Waals surface area contributed by atoms with Gasteiger partial charge in [-0.2, -0.15) is 5.26 Å². The van der Waals surface area contributed by atoms with Gasteiger partial charge in [-0.15, -0.1) is 0 Å². The van der Waals surface area contributed by atoms with E-state index in [-0.39, 0.29) is 5.41 Å². The number of nitrogens with zero attached hydrogens (tertiary/aromatic N) is 4. The summed E-state index contributed by atoms with van der Waals surface area (Å²) in [5, 5.41) is 8.98. The highest BCUT2D eigenvalue weighted by molar-refractivity contribution is 5.42. The Morgan fingerprint density at radius 2 is 2.11 bits per heavy atom. The molecule has 2 rings (SSSR count). The molecule has 0 spiro atoms. The van der Waals surface area contributed by atoms with Crippen LogP contribution in [0.5, 0.6) is 0 Å². The molecular formula is C14H20N4. The highest BCUT2D eigenvalue weighted by Crippen LogP contribution is 2.42. The van der Waals surface area contributed by atoms with E-state index in [9.17, 15) is 0 Å². The van der Waals surface area contributed by atoms with Gasteiger partial charge in [-0.25, -0.2) is 9.97 Å². The number of aryl methyl sites for hydroxylation is 1. The molecule has 18 heavy (non-hydrogen) atoms. The molecule has 0 amide bonds. The van der Waals surface area contributed by atoms with Gasteiger partial charge in [-0.3, -0.25) is 0 Å². The SMILES string of the molecule is Cc1cc(C#N)nc(N2CC(C)(C)C2C(C)C)n1. The van der Waals surface area contributed by atoms with Crippen molar-refractivity contribution in [2.24, 2.45) is 11.3 Å². The molecule has 0 saturated carbocycles. The molecule has 1 aromatic heterocycles. The van der Waals surface area contributed by atoms with E-state index in [2.05, 4.69) is 48.6 Å². The first-order chi connectivity index (χ1) is 8.35. The average molecular weight is 244 g/mol. The summed E-state index contributed by atoms with van der Waals surface area (Å²) in [5.74, 6) is 1.24. The van der Waals surface area contributed by atoms with E-state index in [0.29, 0.717) is 23.6 Å². The third kappa shape index (κ3) is 2.05. The second-order valence-electron chi connectivity index (χ2n) is 6.11. The van der Waals surface area contributed by atoms with Crippen LogP contribution in [0.15, 0.2) is 6.07 Å². The lowest BCUT2D eigenvalue weighted by atomic mass is 9.70. The molecule has 1 unspecified atom stereocenters. The summed E-state index contributed by atoms with van der Waals surface area (Å²) in [6.07, 6.45) is 0. The molecule has 4 heteroatoms. The molecule has 2 heterocycles. The predicted molar refractivity (Wildman–Crippen MR) is 71.2 cm³/mol. The summed E-state index contributed by atoms with van der Waals surface area (Å²) >= 11 is 0. The summed E-state index contributed by atoms with van der Waals surface area (Å²) in [6.45, 7) is 11.8. The van der Waals surface area contributed by atoms with Crippen LogP contribution in [0.4, 0.5) is 5.95 Å². The van der Waals surface area contributed by atoms with Crippen molar-refractivity contribution in [3.8, 4) is 6.07 Å². The number of hydrogen-bond acceptors (Lipinski definition) is 4. The van der Waals surface area contributed by atoms with Crippen LogP contribution in [0.25, 0.3) is 0 Å². The Labute approximate surface area is 109 Å². The maximum absolute atomic E-state index is 8.98. The van der Waals surface area contributed by atoms with E-state index in [1.165, 1.54) is 0 Å². The highest BCUT2D eigenvalue weighted by Gasteiger charge is 2.48. The summed E-state index contributed by atoms with van der Waals surface area (Å²) in [6, 6.07) is 4.26. The van der Waals surface area contributed by atoms with E-state index in [1.807, 2.05) is 6.92 Å². The quantitative estimate of drug-likeness (QED) is 0.802. The van der Waals surface area contributed by atoms with Crippen LogP contribution in [0, 0.1) is 29.6 Å². The van der Waals surface area contributed by atoms with E-state index < -0.39 is 0 Å². The smallest absolute Gasteiger partial charge is 0.227 e. The van der Waals surface area contributed by atoms with Crippen LogP contribution in [0.3, 0.4) is 0 Å². The number of aromatic nitrogens is 2. The van der Waals surface area contributed by atoms with Crippen LogP contribution in [-0.2, 0) is 0 Å². The second kappa shape index (κ2) is 4.24. The highest BCUT2D eigenvalue weighted by atomic mass is 15.3. The van der Waals surface area contributed by atoms with Gasteiger partial charge >= 0.3 is 0 Å². The molecule has 0 bridgehead atoms. The van der Waals surface area contributed by atoms with Crippen molar-refractivity contribution in [3.63, 3.8) is 0 Å². The molecule has 4 nitrogen and oxygen atoms in total. The van der Waals surface area contributed by atoms with Crippen molar-refractivity contribution < 1.29 is 0 Å². The lowest BCUT2D eigenvalue weighted by Crippen LogP contribution is -2.65. The zero-order valence-electron chi connectivity index (χ0n) is 11.7. The summed E-state index contributed by atoms with van der Waals surface area (Å²) < 4.78 is 0. The third-order valence-electron chi connectivity index (χ3n) is 3.56. The van der Waals surface area contributed by atoms with Crippen LogP contribution in [0.2, 0.25) is 0 Å². The molecule has 1 aliphatic heterocycles. The third-order valence-corrected chi connectivity index (χ3v) is 3.56. The van der Waals surface area contributed by atoms with Crippen LogP contribution < -0.4 is 4.90 Å². The topological polar surface area (TPSA) is 52.8 Å². The summed E-state index contributed by atoms with van der Waals surface area (Å²) in [5.41, 5.74) is 1.59. The maximum Gasteiger partial charge on any atom is 0.227 e. The fourth-order valence-corrected chi connectivity index (χ4v) is 3.14. The molecule has 96 valence electrons. The average Bonchev–Trinajstić information content (AvgIpc) is 2.24. The molecule has 1 saturated heterocycles. The van der Waals surface area contributed by atoms with E-state index in [1.54, 1.807) is 6.07 Å². The summed E-state index contributed by atoms with van der Waals surface area (Å²) in [4.78, 5) is 11.0. The summed E-state index contributed by atoms with van der Waals surface area (Å²) in [7, 11) is 0. The largest absolute Gasteiger partial charge is 0.336 e. The Kier molecular flexibility index (Phi) is 3.02. The number of anilines is 1. The Morgan fingerprint density at radius 1 is 1.44 bits per heavy atom. The first-order valence-corrected chi connectivity index (χ1v) is 6.37. The number of rotatable bonds is 2. The normalized spacial score (nSPS) is 21.6. The van der Waals surface area contributed by atoms with Crippen LogP contribution >= 0.6 is 0 Å². The van der Waals surface area contributed by atoms with E-state index in [4.69, 9.17) is 5.26 Å². The number of hydrogen-bond donors (Lipinski definition) is 0. The van der Waals surface area contributed by atoms with Gasteiger partial charge in [0.05, 0.1) is 0 Å². The Bertz CT molecular complexity index is 499. The maximum atomic E-state index is 8.98. The van der Waals surface area contributed by atoms with Gasteiger partial charge in [0.15, 0.2) is 0 Å². The predicted octanol–water partition coefficient (Wildman–Crippen LogP) is 2.53. The van der Waals surface area contributed by atoms with Crippen LogP contribution in [-0.4, -0.2) is 22.6 Å². The molecule has 1 fully saturated rings. The van der Waals surface area contributed by atoms with Gasteiger partial charge in [-0.05, 0) is 18.9 Å². The van der Waals surface area contributed by atoms with Gasteiger partial charge in [0, 0.05) is 23.7 Å². The monoisotopic (exact) mass is 244 g/mol. The molecule has 1 aliphatic rings. The molecule has 1 aromatic rings. The molecular weight excluding hydrogens is 224 g/mol. The first kappa shape index (κ1) is 12.8. The van der Waals surface area contributed by atoms with Crippen molar-refractivity contribution in [1.82, 2.24) is 9.97 Å². The van der Waals surface area contributed by atoms with Crippen LogP contribution in [0.1, 0.15) is 39.1 Å². The Balaban J connectivity index is 2.34. The fourth-order valence-electron chi connectivity index (χ4n) is 3.14. The molecule has 0 N–H and O–H groups in total. The minimum absolute atomic E-state index is 0.286. The fraction of sp³-hybridized carbons (Fsp3) is 0.643. The van der Waals surface area contributed by atoms with E-state index >= 15 is 0 Å². The molecule has 0 aromatic carbocycles. The second-order valence-corrected chi connectivity index (χ2v) is 6.11.